The number of aryl methyl sites for hydroxylation is 1. The fourth-order valence-corrected chi connectivity index (χ4v) is 1.31. The van der Waals surface area contributed by atoms with Crippen molar-refractivity contribution in [2.45, 2.75) is 19.8 Å². The standard InChI is InChI=1S/C12H13N/c1-3-10-7-11(4-2)9-12(8-10)5-6-13/h3,7-9H,1,4-5H2,2H3. The van der Waals surface area contributed by atoms with E-state index in [0.29, 0.717) is 6.42 Å². The summed E-state index contributed by atoms with van der Waals surface area (Å²) < 4.78 is 0. The fourth-order valence-electron chi connectivity index (χ4n) is 1.31. The van der Waals surface area contributed by atoms with Crippen molar-refractivity contribution in [2.75, 3.05) is 0 Å². The summed E-state index contributed by atoms with van der Waals surface area (Å²) in [5.41, 5.74) is 3.45. The van der Waals surface area contributed by atoms with E-state index in [0.717, 1.165) is 17.5 Å². The lowest BCUT2D eigenvalue weighted by Crippen LogP contribution is -1.88. The first kappa shape index (κ1) is 9.54. The number of nitrogens with zero attached hydrogens (tertiary/aromatic N) is 1. The van der Waals surface area contributed by atoms with Gasteiger partial charge in [0.05, 0.1) is 12.5 Å². The molecule has 1 aromatic carbocycles. The predicted octanol–water partition coefficient (Wildman–Crippen LogP) is 2.96. The first-order valence-corrected chi connectivity index (χ1v) is 4.42. The minimum Gasteiger partial charge on any atom is -0.198 e. The summed E-state index contributed by atoms with van der Waals surface area (Å²) in [6.07, 6.45) is 3.30. The van der Waals surface area contributed by atoms with Crippen molar-refractivity contribution in [2.24, 2.45) is 0 Å². The van der Waals surface area contributed by atoms with E-state index >= 15 is 0 Å². The minimum atomic E-state index is 0.481. The molecule has 66 valence electrons. The molecule has 0 bridgehead atoms. The Bertz CT molecular complexity index is 345. The van der Waals surface area contributed by atoms with Gasteiger partial charge in [0.1, 0.15) is 0 Å². The van der Waals surface area contributed by atoms with E-state index in [4.69, 9.17) is 5.26 Å². The van der Waals surface area contributed by atoms with Gasteiger partial charge in [0.15, 0.2) is 0 Å². The molecule has 1 aromatic rings. The third kappa shape index (κ3) is 2.45. The molecule has 0 aliphatic carbocycles. The number of hydrogen-bond acceptors (Lipinski definition) is 1. The third-order valence-electron chi connectivity index (χ3n) is 2.00. The molecular formula is C12H13N. The van der Waals surface area contributed by atoms with Gasteiger partial charge >= 0.3 is 0 Å². The van der Waals surface area contributed by atoms with Crippen molar-refractivity contribution in [1.29, 1.82) is 5.26 Å². The smallest absolute Gasteiger partial charge is 0.0669 e. The predicted molar refractivity (Wildman–Crippen MR) is 55.2 cm³/mol. The lowest BCUT2D eigenvalue weighted by molar-refractivity contribution is 1.12. The van der Waals surface area contributed by atoms with Gasteiger partial charge in [-0.05, 0) is 23.1 Å². The Morgan fingerprint density at radius 3 is 2.62 bits per heavy atom. The van der Waals surface area contributed by atoms with Crippen LogP contribution >= 0.6 is 0 Å². The quantitative estimate of drug-likeness (QED) is 0.686. The van der Waals surface area contributed by atoms with Crippen molar-refractivity contribution in [1.82, 2.24) is 0 Å². The second-order valence-corrected chi connectivity index (χ2v) is 2.98. The van der Waals surface area contributed by atoms with Crippen molar-refractivity contribution in [3.8, 4) is 6.07 Å². The molecule has 1 nitrogen and oxygen atoms in total. The minimum absolute atomic E-state index is 0.481. The molecule has 0 spiro atoms. The summed E-state index contributed by atoms with van der Waals surface area (Å²) >= 11 is 0. The largest absolute Gasteiger partial charge is 0.198 e. The molecule has 0 unspecified atom stereocenters. The maximum atomic E-state index is 8.57. The van der Waals surface area contributed by atoms with Crippen LogP contribution in [0.3, 0.4) is 0 Å². The van der Waals surface area contributed by atoms with Crippen LogP contribution in [0.25, 0.3) is 6.08 Å². The van der Waals surface area contributed by atoms with Crippen LogP contribution < -0.4 is 0 Å². The van der Waals surface area contributed by atoms with E-state index in [-0.39, 0.29) is 0 Å². The Morgan fingerprint density at radius 2 is 2.08 bits per heavy atom. The molecule has 1 heteroatoms. The molecule has 1 rings (SSSR count). The molecule has 0 aliphatic heterocycles. The molecule has 0 aliphatic rings. The zero-order chi connectivity index (χ0) is 9.68. The van der Waals surface area contributed by atoms with Crippen LogP contribution in [0.5, 0.6) is 0 Å². The van der Waals surface area contributed by atoms with Crippen molar-refractivity contribution in [3.63, 3.8) is 0 Å². The van der Waals surface area contributed by atoms with Crippen LogP contribution in [0.2, 0.25) is 0 Å². The van der Waals surface area contributed by atoms with Crippen LogP contribution in [-0.2, 0) is 12.8 Å². The second kappa shape index (κ2) is 4.47. The van der Waals surface area contributed by atoms with Gasteiger partial charge in [-0.25, -0.2) is 0 Å². The van der Waals surface area contributed by atoms with E-state index in [2.05, 4.69) is 31.7 Å². The maximum absolute atomic E-state index is 8.57. The molecular weight excluding hydrogens is 158 g/mol. The van der Waals surface area contributed by atoms with Crippen molar-refractivity contribution < 1.29 is 0 Å². The molecule has 0 radical (unpaired) electrons. The highest BCUT2D eigenvalue weighted by Gasteiger charge is 1.97. The molecule has 0 aromatic heterocycles. The average Bonchev–Trinajstić information content (AvgIpc) is 2.17. The highest BCUT2D eigenvalue weighted by molar-refractivity contribution is 5.50. The van der Waals surface area contributed by atoms with E-state index in [1.165, 1.54) is 5.56 Å². The van der Waals surface area contributed by atoms with Crippen molar-refractivity contribution in [3.05, 3.63) is 41.5 Å². The van der Waals surface area contributed by atoms with Crippen LogP contribution in [-0.4, -0.2) is 0 Å². The van der Waals surface area contributed by atoms with Gasteiger partial charge in [0, 0.05) is 0 Å². The lowest BCUT2D eigenvalue weighted by Gasteiger charge is -2.02. The summed E-state index contributed by atoms with van der Waals surface area (Å²) in [6, 6.07) is 8.35. The van der Waals surface area contributed by atoms with Crippen LogP contribution in [0.15, 0.2) is 24.8 Å². The van der Waals surface area contributed by atoms with E-state index in [1.807, 2.05) is 12.1 Å². The molecule has 0 saturated carbocycles. The van der Waals surface area contributed by atoms with Gasteiger partial charge in [0.2, 0.25) is 0 Å². The van der Waals surface area contributed by atoms with Crippen LogP contribution in [0, 0.1) is 11.3 Å². The lowest BCUT2D eigenvalue weighted by atomic mass is 10.0. The molecule has 0 heterocycles. The van der Waals surface area contributed by atoms with E-state index in [9.17, 15) is 0 Å². The number of hydrogen-bond donors (Lipinski definition) is 0. The Labute approximate surface area is 79.3 Å². The van der Waals surface area contributed by atoms with E-state index < -0.39 is 0 Å². The topological polar surface area (TPSA) is 23.8 Å². The molecule has 0 N–H and O–H groups in total. The molecule has 0 atom stereocenters. The molecule has 13 heavy (non-hydrogen) atoms. The first-order chi connectivity index (χ1) is 6.30. The van der Waals surface area contributed by atoms with Gasteiger partial charge in [0.25, 0.3) is 0 Å². The molecule has 0 amide bonds. The number of benzene rings is 1. The third-order valence-corrected chi connectivity index (χ3v) is 2.00. The maximum Gasteiger partial charge on any atom is 0.0669 e. The fraction of sp³-hybridized carbons (Fsp3) is 0.250. The van der Waals surface area contributed by atoms with Crippen LogP contribution in [0.4, 0.5) is 0 Å². The van der Waals surface area contributed by atoms with Gasteiger partial charge in [-0.2, -0.15) is 5.26 Å². The Balaban J connectivity index is 3.08. The zero-order valence-corrected chi connectivity index (χ0v) is 7.88. The number of nitriles is 1. The highest BCUT2D eigenvalue weighted by atomic mass is 14.2. The summed E-state index contributed by atoms with van der Waals surface area (Å²) in [7, 11) is 0. The zero-order valence-electron chi connectivity index (χ0n) is 7.88. The normalized spacial score (nSPS) is 9.23. The molecule has 0 fully saturated rings. The average molecular weight is 171 g/mol. The number of rotatable bonds is 3. The summed E-state index contributed by atoms with van der Waals surface area (Å²) in [6.45, 7) is 5.83. The summed E-state index contributed by atoms with van der Waals surface area (Å²) in [5.74, 6) is 0. The Kier molecular flexibility index (Phi) is 3.28. The second-order valence-electron chi connectivity index (χ2n) is 2.98. The van der Waals surface area contributed by atoms with Gasteiger partial charge < -0.3 is 0 Å². The Hall–Kier alpha value is -1.55. The van der Waals surface area contributed by atoms with E-state index in [1.54, 1.807) is 0 Å². The Morgan fingerprint density at radius 1 is 1.38 bits per heavy atom. The van der Waals surface area contributed by atoms with Gasteiger partial charge in [-0.3, -0.25) is 0 Å². The van der Waals surface area contributed by atoms with Gasteiger partial charge in [-0.15, -0.1) is 0 Å². The molecule has 0 saturated heterocycles. The summed E-state index contributed by atoms with van der Waals surface area (Å²) in [5, 5.41) is 8.57. The van der Waals surface area contributed by atoms with Gasteiger partial charge in [-0.1, -0.05) is 37.8 Å². The highest BCUT2D eigenvalue weighted by Crippen LogP contribution is 2.12. The monoisotopic (exact) mass is 171 g/mol. The first-order valence-electron chi connectivity index (χ1n) is 4.42. The SMILES string of the molecule is C=Cc1cc(CC)cc(CC#N)c1. The van der Waals surface area contributed by atoms with Crippen molar-refractivity contribution >= 4 is 6.08 Å². The van der Waals surface area contributed by atoms with Crippen LogP contribution in [0.1, 0.15) is 23.6 Å². The summed E-state index contributed by atoms with van der Waals surface area (Å²) in [4.78, 5) is 0.